The molecule has 2 aromatic heterocycles. The first kappa shape index (κ1) is 17.6. The summed E-state index contributed by atoms with van der Waals surface area (Å²) in [6, 6.07) is 17.3. The number of hydrogen-bond donors (Lipinski definition) is 2. The summed E-state index contributed by atoms with van der Waals surface area (Å²) in [6.07, 6.45) is 1.89. The highest BCUT2D eigenvalue weighted by Crippen LogP contribution is 2.31. The zero-order chi connectivity index (χ0) is 20.0. The number of fused-ring (bicyclic) bond motifs is 2. The van der Waals surface area contributed by atoms with Crippen LogP contribution in [-0.2, 0) is 7.05 Å². The number of aromatic amines is 1. The Morgan fingerprint density at radius 2 is 1.83 bits per heavy atom. The van der Waals surface area contributed by atoms with E-state index in [1.807, 2.05) is 54.2 Å². The van der Waals surface area contributed by atoms with Gasteiger partial charge in [-0.2, -0.15) is 0 Å². The topological polar surface area (TPSA) is 54.9 Å². The van der Waals surface area contributed by atoms with Crippen LogP contribution in [0.2, 0.25) is 5.02 Å². The number of rotatable bonds is 4. The number of aryl methyl sites for hydroxylation is 1. The van der Waals surface area contributed by atoms with Crippen molar-refractivity contribution >= 4 is 45.2 Å². The molecule has 29 heavy (non-hydrogen) atoms. The van der Waals surface area contributed by atoms with E-state index in [9.17, 15) is 4.39 Å². The average Bonchev–Trinajstić information content (AvgIpc) is 3.25. The van der Waals surface area contributed by atoms with Gasteiger partial charge < -0.3 is 19.6 Å². The van der Waals surface area contributed by atoms with Crippen molar-refractivity contribution in [3.63, 3.8) is 0 Å². The number of benzene rings is 3. The Labute approximate surface area is 170 Å². The highest BCUT2D eigenvalue weighted by atomic mass is 35.5. The molecular weight excluding hydrogens is 391 g/mol. The van der Waals surface area contributed by atoms with E-state index >= 15 is 0 Å². The van der Waals surface area contributed by atoms with E-state index in [1.165, 1.54) is 12.1 Å². The summed E-state index contributed by atoms with van der Waals surface area (Å²) in [7, 11) is 1.93. The third-order valence-electron chi connectivity index (χ3n) is 4.79. The quantitative estimate of drug-likeness (QED) is 0.364. The molecule has 144 valence electrons. The second-order valence-corrected chi connectivity index (χ2v) is 7.15. The maximum absolute atomic E-state index is 13.1. The molecular formula is C22H16ClFN4O. The number of anilines is 2. The molecule has 2 heterocycles. The van der Waals surface area contributed by atoms with E-state index in [0.717, 1.165) is 27.6 Å². The van der Waals surface area contributed by atoms with Crippen LogP contribution >= 0.6 is 11.6 Å². The molecule has 5 aromatic rings. The van der Waals surface area contributed by atoms with Crippen LogP contribution in [0.4, 0.5) is 16.0 Å². The summed E-state index contributed by atoms with van der Waals surface area (Å²) in [4.78, 5) is 7.90. The summed E-state index contributed by atoms with van der Waals surface area (Å²) in [5, 5.41) is 5.03. The molecule has 2 N–H and O–H groups in total. The second kappa shape index (κ2) is 6.83. The van der Waals surface area contributed by atoms with Crippen molar-refractivity contribution in [1.82, 2.24) is 14.5 Å². The summed E-state index contributed by atoms with van der Waals surface area (Å²) >= 11 is 6.14. The molecule has 0 fully saturated rings. The fourth-order valence-electron chi connectivity index (χ4n) is 3.30. The standard InChI is InChI=1S/C22H16ClFN4O/c1-28-21-11-16(29-15-5-3-14(24)4-6-15)7-9-19(21)26-22(28)27-20-12-25-18-8-2-13(23)10-17(18)20/h2-12,25H,1H3,(H,26,27). The number of imidazole rings is 1. The third kappa shape index (κ3) is 3.28. The Balaban J connectivity index is 1.48. The number of hydrogen-bond acceptors (Lipinski definition) is 3. The van der Waals surface area contributed by atoms with Crippen LogP contribution in [0.25, 0.3) is 21.9 Å². The molecule has 0 aliphatic carbocycles. The molecule has 3 aromatic carbocycles. The van der Waals surface area contributed by atoms with Crippen LogP contribution in [0.15, 0.2) is 66.9 Å². The van der Waals surface area contributed by atoms with Crippen molar-refractivity contribution in [2.45, 2.75) is 0 Å². The maximum atomic E-state index is 13.1. The monoisotopic (exact) mass is 406 g/mol. The number of aromatic nitrogens is 3. The maximum Gasteiger partial charge on any atom is 0.208 e. The normalized spacial score (nSPS) is 11.3. The van der Waals surface area contributed by atoms with E-state index in [2.05, 4.69) is 15.3 Å². The van der Waals surface area contributed by atoms with Crippen LogP contribution in [0.1, 0.15) is 0 Å². The fourth-order valence-corrected chi connectivity index (χ4v) is 3.47. The number of H-pyrrole nitrogens is 1. The van der Waals surface area contributed by atoms with Crippen LogP contribution in [-0.4, -0.2) is 14.5 Å². The number of nitrogens with zero attached hydrogens (tertiary/aromatic N) is 2. The van der Waals surface area contributed by atoms with Gasteiger partial charge in [-0.1, -0.05) is 11.6 Å². The van der Waals surface area contributed by atoms with E-state index in [1.54, 1.807) is 12.1 Å². The van der Waals surface area contributed by atoms with Gasteiger partial charge in [0.05, 0.1) is 16.7 Å². The van der Waals surface area contributed by atoms with Crippen molar-refractivity contribution < 1.29 is 9.13 Å². The number of ether oxygens (including phenoxy) is 1. The molecule has 5 rings (SSSR count). The zero-order valence-corrected chi connectivity index (χ0v) is 16.2. The van der Waals surface area contributed by atoms with E-state index < -0.39 is 0 Å². The highest BCUT2D eigenvalue weighted by Gasteiger charge is 2.12. The predicted octanol–water partition coefficient (Wildman–Crippen LogP) is 6.38. The Bertz CT molecular complexity index is 1340. The van der Waals surface area contributed by atoms with Gasteiger partial charge in [-0.3, -0.25) is 0 Å². The molecule has 0 unspecified atom stereocenters. The molecule has 0 aliphatic rings. The Morgan fingerprint density at radius 1 is 1.03 bits per heavy atom. The van der Waals surface area contributed by atoms with Gasteiger partial charge in [0.15, 0.2) is 0 Å². The lowest BCUT2D eigenvalue weighted by molar-refractivity contribution is 0.481. The molecule has 5 nitrogen and oxygen atoms in total. The Morgan fingerprint density at radius 3 is 2.66 bits per heavy atom. The average molecular weight is 407 g/mol. The number of halogens is 2. The Hall–Kier alpha value is -3.51. The summed E-state index contributed by atoms with van der Waals surface area (Å²) in [5.41, 5.74) is 3.62. The highest BCUT2D eigenvalue weighted by molar-refractivity contribution is 6.31. The largest absolute Gasteiger partial charge is 0.457 e. The van der Waals surface area contributed by atoms with Gasteiger partial charge in [-0.25, -0.2) is 9.37 Å². The van der Waals surface area contributed by atoms with Crippen molar-refractivity contribution in [1.29, 1.82) is 0 Å². The SMILES string of the molecule is Cn1c(Nc2c[nH]c3ccc(Cl)cc23)nc2ccc(Oc3ccc(F)cc3)cc21. The molecule has 7 heteroatoms. The van der Waals surface area contributed by atoms with E-state index in [-0.39, 0.29) is 5.82 Å². The van der Waals surface area contributed by atoms with Crippen molar-refractivity contribution in [2.75, 3.05) is 5.32 Å². The molecule has 0 saturated heterocycles. The lowest BCUT2D eigenvalue weighted by atomic mass is 10.2. The van der Waals surface area contributed by atoms with Crippen LogP contribution in [0.3, 0.4) is 0 Å². The minimum Gasteiger partial charge on any atom is -0.457 e. The van der Waals surface area contributed by atoms with Gasteiger partial charge >= 0.3 is 0 Å². The van der Waals surface area contributed by atoms with Gasteiger partial charge in [-0.05, 0) is 54.6 Å². The Kier molecular flexibility index (Phi) is 4.14. The van der Waals surface area contributed by atoms with Crippen molar-refractivity contribution in [3.05, 3.63) is 77.7 Å². The van der Waals surface area contributed by atoms with Crippen LogP contribution in [0, 0.1) is 5.82 Å². The minimum absolute atomic E-state index is 0.297. The van der Waals surface area contributed by atoms with Gasteiger partial charge in [-0.15, -0.1) is 0 Å². The predicted molar refractivity (Wildman–Crippen MR) is 114 cm³/mol. The smallest absolute Gasteiger partial charge is 0.208 e. The molecule has 0 aliphatic heterocycles. The van der Waals surface area contributed by atoms with Gasteiger partial charge in [0.25, 0.3) is 0 Å². The minimum atomic E-state index is -0.297. The first-order valence-electron chi connectivity index (χ1n) is 9.00. The van der Waals surface area contributed by atoms with E-state index in [4.69, 9.17) is 16.3 Å². The first-order chi connectivity index (χ1) is 14.1. The zero-order valence-electron chi connectivity index (χ0n) is 15.4. The summed E-state index contributed by atoms with van der Waals surface area (Å²) in [5.74, 6) is 1.62. The number of nitrogens with one attached hydrogen (secondary N) is 2. The molecule has 0 radical (unpaired) electrons. The molecule has 0 amide bonds. The molecule has 0 saturated carbocycles. The fraction of sp³-hybridized carbons (Fsp3) is 0.0455. The van der Waals surface area contributed by atoms with Gasteiger partial charge in [0, 0.05) is 35.2 Å². The van der Waals surface area contributed by atoms with E-state index in [0.29, 0.717) is 22.5 Å². The lowest BCUT2D eigenvalue weighted by Gasteiger charge is -2.07. The van der Waals surface area contributed by atoms with Crippen molar-refractivity contribution in [3.8, 4) is 11.5 Å². The molecule has 0 bridgehead atoms. The molecule has 0 spiro atoms. The van der Waals surface area contributed by atoms with Crippen molar-refractivity contribution in [2.24, 2.45) is 7.05 Å². The lowest BCUT2D eigenvalue weighted by Crippen LogP contribution is -1.98. The third-order valence-corrected chi connectivity index (χ3v) is 5.03. The van der Waals surface area contributed by atoms with Gasteiger partial charge in [0.1, 0.15) is 17.3 Å². The molecule has 0 atom stereocenters. The summed E-state index contributed by atoms with van der Waals surface area (Å²) < 4.78 is 20.9. The summed E-state index contributed by atoms with van der Waals surface area (Å²) in [6.45, 7) is 0. The second-order valence-electron chi connectivity index (χ2n) is 6.72. The van der Waals surface area contributed by atoms with Crippen LogP contribution < -0.4 is 10.1 Å². The first-order valence-corrected chi connectivity index (χ1v) is 9.38. The van der Waals surface area contributed by atoms with Gasteiger partial charge in [0.2, 0.25) is 5.95 Å². The van der Waals surface area contributed by atoms with Crippen LogP contribution in [0.5, 0.6) is 11.5 Å².